The Morgan fingerprint density at radius 2 is 2.00 bits per heavy atom. The normalized spacial score (nSPS) is 10.1. The fourth-order valence-corrected chi connectivity index (χ4v) is 1.91. The minimum absolute atomic E-state index is 0.680. The van der Waals surface area contributed by atoms with Gasteiger partial charge in [0.2, 0.25) is 0 Å². The number of hydrogen-bond donors (Lipinski definition) is 1. The number of aromatic nitrogens is 1. The van der Waals surface area contributed by atoms with Crippen LogP contribution in [0.2, 0.25) is 5.02 Å². The van der Waals surface area contributed by atoms with Crippen molar-refractivity contribution < 1.29 is 0 Å². The van der Waals surface area contributed by atoms with Crippen molar-refractivity contribution in [1.82, 2.24) is 4.98 Å². The molecule has 1 N–H and O–H groups in total. The average Bonchev–Trinajstić information content (AvgIpc) is 2.27. The van der Waals surface area contributed by atoms with Gasteiger partial charge in [0.25, 0.3) is 0 Å². The molecule has 0 radical (unpaired) electrons. The van der Waals surface area contributed by atoms with Gasteiger partial charge in [0, 0.05) is 10.7 Å². The zero-order valence-corrected chi connectivity index (χ0v) is 10.8. The molecule has 1 aromatic heterocycles. The highest BCUT2D eigenvalue weighted by molar-refractivity contribution is 9.10. The molecule has 82 valence electrons. The highest BCUT2D eigenvalue weighted by atomic mass is 79.9. The highest BCUT2D eigenvalue weighted by Crippen LogP contribution is 2.15. The molecular formula is C12H10BrClN2. The van der Waals surface area contributed by atoms with E-state index in [1.165, 1.54) is 0 Å². The first-order valence-electron chi connectivity index (χ1n) is 4.85. The van der Waals surface area contributed by atoms with Crippen LogP contribution in [0.1, 0.15) is 5.69 Å². The van der Waals surface area contributed by atoms with Crippen LogP contribution in [0.3, 0.4) is 0 Å². The number of benzene rings is 1. The quantitative estimate of drug-likeness (QED) is 0.862. The summed E-state index contributed by atoms with van der Waals surface area (Å²) in [5, 5.41) is 3.99. The molecule has 0 saturated heterocycles. The van der Waals surface area contributed by atoms with Crippen LogP contribution in [0.25, 0.3) is 0 Å². The van der Waals surface area contributed by atoms with Crippen LogP contribution < -0.4 is 5.32 Å². The van der Waals surface area contributed by atoms with Gasteiger partial charge >= 0.3 is 0 Å². The third-order valence-electron chi connectivity index (χ3n) is 2.07. The van der Waals surface area contributed by atoms with Crippen LogP contribution >= 0.6 is 27.5 Å². The number of halogens is 2. The predicted octanol–water partition coefficient (Wildman–Crippen LogP) is 4.11. The van der Waals surface area contributed by atoms with Gasteiger partial charge in [-0.05, 0) is 46.3 Å². The van der Waals surface area contributed by atoms with Gasteiger partial charge < -0.3 is 5.32 Å². The van der Waals surface area contributed by atoms with Gasteiger partial charge in [-0.2, -0.15) is 0 Å². The molecule has 0 atom stereocenters. The summed E-state index contributed by atoms with van der Waals surface area (Å²) in [6.45, 7) is 0.680. The Morgan fingerprint density at radius 1 is 1.19 bits per heavy atom. The monoisotopic (exact) mass is 296 g/mol. The summed E-state index contributed by atoms with van der Waals surface area (Å²) in [6, 6.07) is 13.5. The first-order valence-corrected chi connectivity index (χ1v) is 6.02. The minimum atomic E-state index is 0.680. The number of pyridine rings is 1. The smallest absolute Gasteiger partial charge is 0.106 e. The lowest BCUT2D eigenvalue weighted by molar-refractivity contribution is 1.03. The van der Waals surface area contributed by atoms with E-state index < -0.39 is 0 Å². The molecular weight excluding hydrogens is 288 g/mol. The van der Waals surface area contributed by atoms with Gasteiger partial charge in [-0.3, -0.25) is 0 Å². The maximum absolute atomic E-state index is 5.89. The van der Waals surface area contributed by atoms with Crippen molar-refractivity contribution in [3.63, 3.8) is 0 Å². The molecule has 2 nitrogen and oxygen atoms in total. The van der Waals surface area contributed by atoms with Gasteiger partial charge in [-0.25, -0.2) is 4.98 Å². The fraction of sp³-hybridized carbons (Fsp3) is 0.0833. The average molecular weight is 298 g/mol. The lowest BCUT2D eigenvalue weighted by atomic mass is 10.3. The van der Waals surface area contributed by atoms with Gasteiger partial charge in [0.05, 0.1) is 12.2 Å². The molecule has 0 fully saturated rings. The lowest BCUT2D eigenvalue weighted by Gasteiger charge is -2.06. The molecule has 0 unspecified atom stereocenters. The topological polar surface area (TPSA) is 24.9 Å². The largest absolute Gasteiger partial charge is 0.379 e. The summed E-state index contributed by atoms with van der Waals surface area (Å²) >= 11 is 9.23. The van der Waals surface area contributed by atoms with E-state index in [-0.39, 0.29) is 0 Å². The fourth-order valence-electron chi connectivity index (χ4n) is 1.34. The van der Waals surface area contributed by atoms with Crippen molar-refractivity contribution in [2.45, 2.75) is 6.54 Å². The summed E-state index contributed by atoms with van der Waals surface area (Å²) in [5.74, 6) is 0. The molecule has 0 amide bonds. The Kier molecular flexibility index (Phi) is 3.80. The predicted molar refractivity (Wildman–Crippen MR) is 70.7 cm³/mol. The third-order valence-corrected chi connectivity index (χ3v) is 2.75. The van der Waals surface area contributed by atoms with E-state index >= 15 is 0 Å². The second-order valence-electron chi connectivity index (χ2n) is 3.32. The summed E-state index contributed by atoms with van der Waals surface area (Å²) in [4.78, 5) is 4.33. The van der Waals surface area contributed by atoms with Crippen LogP contribution in [0.4, 0.5) is 5.69 Å². The standard InChI is InChI=1S/C12H10BrClN2/c13-12-6-2-5-11(16-12)8-15-10-4-1-3-9(14)7-10/h1-7,15H,8H2. The van der Waals surface area contributed by atoms with E-state index in [9.17, 15) is 0 Å². The summed E-state index contributed by atoms with van der Waals surface area (Å²) in [6.07, 6.45) is 0. The second-order valence-corrected chi connectivity index (χ2v) is 4.56. The molecule has 0 saturated carbocycles. The van der Waals surface area contributed by atoms with E-state index in [2.05, 4.69) is 26.2 Å². The summed E-state index contributed by atoms with van der Waals surface area (Å²) in [7, 11) is 0. The zero-order valence-electron chi connectivity index (χ0n) is 8.45. The van der Waals surface area contributed by atoms with Crippen molar-refractivity contribution in [3.8, 4) is 0 Å². The second kappa shape index (κ2) is 5.32. The number of nitrogens with zero attached hydrogens (tertiary/aromatic N) is 1. The zero-order chi connectivity index (χ0) is 11.4. The Hall–Kier alpha value is -1.06. The molecule has 0 spiro atoms. The summed E-state index contributed by atoms with van der Waals surface area (Å²) < 4.78 is 0.845. The van der Waals surface area contributed by atoms with Gasteiger partial charge in [-0.1, -0.05) is 23.7 Å². The molecule has 1 heterocycles. The van der Waals surface area contributed by atoms with Crippen molar-refractivity contribution in [2.75, 3.05) is 5.32 Å². The van der Waals surface area contributed by atoms with Gasteiger partial charge in [-0.15, -0.1) is 0 Å². The molecule has 1 aromatic carbocycles. The van der Waals surface area contributed by atoms with Gasteiger partial charge in [0.1, 0.15) is 4.60 Å². The van der Waals surface area contributed by atoms with Crippen molar-refractivity contribution in [2.24, 2.45) is 0 Å². The van der Waals surface area contributed by atoms with E-state index in [0.717, 1.165) is 21.0 Å². The number of anilines is 1. The van der Waals surface area contributed by atoms with Crippen LogP contribution in [-0.2, 0) is 6.54 Å². The van der Waals surface area contributed by atoms with Crippen LogP contribution in [-0.4, -0.2) is 4.98 Å². The maximum Gasteiger partial charge on any atom is 0.106 e. The molecule has 0 aliphatic carbocycles. The Labute approximate surface area is 108 Å². The molecule has 2 rings (SSSR count). The Balaban J connectivity index is 2.02. The third kappa shape index (κ3) is 3.22. The minimum Gasteiger partial charge on any atom is -0.379 e. The van der Waals surface area contributed by atoms with E-state index in [1.807, 2.05) is 42.5 Å². The number of nitrogens with one attached hydrogen (secondary N) is 1. The first kappa shape index (κ1) is 11.4. The molecule has 16 heavy (non-hydrogen) atoms. The van der Waals surface area contributed by atoms with Crippen LogP contribution in [0.5, 0.6) is 0 Å². The van der Waals surface area contributed by atoms with Crippen molar-refractivity contribution in [3.05, 3.63) is 57.8 Å². The van der Waals surface area contributed by atoms with E-state index in [1.54, 1.807) is 0 Å². The Morgan fingerprint density at radius 3 is 2.75 bits per heavy atom. The van der Waals surface area contributed by atoms with Crippen molar-refractivity contribution >= 4 is 33.2 Å². The van der Waals surface area contributed by atoms with Crippen LogP contribution in [0.15, 0.2) is 47.1 Å². The Bertz CT molecular complexity index is 442. The maximum atomic E-state index is 5.89. The SMILES string of the molecule is Clc1cccc(NCc2cccc(Br)n2)c1. The van der Waals surface area contributed by atoms with E-state index in [4.69, 9.17) is 11.6 Å². The first-order chi connectivity index (χ1) is 7.74. The van der Waals surface area contributed by atoms with E-state index in [0.29, 0.717) is 6.54 Å². The molecule has 0 bridgehead atoms. The highest BCUT2D eigenvalue weighted by Gasteiger charge is 1.96. The number of rotatable bonds is 3. The van der Waals surface area contributed by atoms with Crippen molar-refractivity contribution in [1.29, 1.82) is 0 Å². The van der Waals surface area contributed by atoms with Gasteiger partial charge in [0.15, 0.2) is 0 Å². The molecule has 2 aromatic rings. The molecule has 0 aliphatic heterocycles. The lowest BCUT2D eigenvalue weighted by Crippen LogP contribution is -2.01. The molecule has 0 aliphatic rings. The van der Waals surface area contributed by atoms with Crippen LogP contribution in [0, 0.1) is 0 Å². The number of hydrogen-bond acceptors (Lipinski definition) is 2. The molecule has 4 heteroatoms. The summed E-state index contributed by atoms with van der Waals surface area (Å²) in [5.41, 5.74) is 1.98.